The van der Waals surface area contributed by atoms with Crippen LogP contribution in [0.1, 0.15) is 6.92 Å². The molecule has 0 unspecified atom stereocenters. The van der Waals surface area contributed by atoms with Gasteiger partial charge in [-0.2, -0.15) is 0 Å². The molecule has 0 bridgehead atoms. The van der Waals surface area contributed by atoms with Crippen LogP contribution in [0.3, 0.4) is 0 Å². The molecule has 1 fully saturated rings. The SMILES string of the molecule is CCOc1ccccc1OCC(=O)OCC(=O)N1CCN(c2ncccn2)CC1. The number of amides is 1. The molecule has 1 aromatic heterocycles. The molecule has 154 valence electrons. The first kappa shape index (κ1) is 20.4. The predicted molar refractivity (Wildman–Crippen MR) is 105 cm³/mol. The van der Waals surface area contributed by atoms with E-state index in [0.29, 0.717) is 50.2 Å². The molecular formula is C20H24N4O5. The highest BCUT2D eigenvalue weighted by Crippen LogP contribution is 2.26. The van der Waals surface area contributed by atoms with Crippen molar-refractivity contribution in [3.63, 3.8) is 0 Å². The first-order valence-corrected chi connectivity index (χ1v) is 9.47. The molecule has 3 rings (SSSR count). The number of para-hydroxylation sites is 2. The Morgan fingerprint density at radius 2 is 1.59 bits per heavy atom. The second-order valence-electron chi connectivity index (χ2n) is 6.25. The number of anilines is 1. The summed E-state index contributed by atoms with van der Waals surface area (Å²) in [5, 5.41) is 0. The third-order valence-electron chi connectivity index (χ3n) is 4.32. The van der Waals surface area contributed by atoms with E-state index in [1.807, 2.05) is 17.9 Å². The molecule has 2 heterocycles. The Hall–Kier alpha value is -3.36. The van der Waals surface area contributed by atoms with Crippen molar-refractivity contribution in [1.29, 1.82) is 0 Å². The largest absolute Gasteiger partial charge is 0.490 e. The van der Waals surface area contributed by atoms with Gasteiger partial charge in [-0.05, 0) is 25.1 Å². The van der Waals surface area contributed by atoms with E-state index >= 15 is 0 Å². The molecular weight excluding hydrogens is 376 g/mol. The summed E-state index contributed by atoms with van der Waals surface area (Å²) in [5.41, 5.74) is 0. The normalized spacial score (nSPS) is 13.7. The van der Waals surface area contributed by atoms with Crippen molar-refractivity contribution < 1.29 is 23.8 Å². The van der Waals surface area contributed by atoms with Crippen LogP contribution < -0.4 is 14.4 Å². The maximum absolute atomic E-state index is 12.3. The second-order valence-corrected chi connectivity index (χ2v) is 6.25. The summed E-state index contributed by atoms with van der Waals surface area (Å²) in [5.74, 6) is 0.814. The van der Waals surface area contributed by atoms with Gasteiger partial charge in [-0.15, -0.1) is 0 Å². The van der Waals surface area contributed by atoms with Crippen LogP contribution in [0, 0.1) is 0 Å². The fraction of sp³-hybridized carbons (Fsp3) is 0.400. The number of nitrogens with zero attached hydrogens (tertiary/aromatic N) is 4. The molecule has 0 atom stereocenters. The van der Waals surface area contributed by atoms with Gasteiger partial charge in [-0.3, -0.25) is 4.79 Å². The molecule has 9 nitrogen and oxygen atoms in total. The van der Waals surface area contributed by atoms with Crippen LogP contribution in [0.4, 0.5) is 5.95 Å². The first-order valence-electron chi connectivity index (χ1n) is 9.47. The monoisotopic (exact) mass is 400 g/mol. The molecule has 0 saturated carbocycles. The van der Waals surface area contributed by atoms with E-state index in [1.54, 1.807) is 41.6 Å². The van der Waals surface area contributed by atoms with E-state index in [-0.39, 0.29) is 19.1 Å². The highest BCUT2D eigenvalue weighted by molar-refractivity contribution is 5.81. The van der Waals surface area contributed by atoms with Gasteiger partial charge in [0.2, 0.25) is 5.95 Å². The zero-order chi connectivity index (χ0) is 20.5. The Morgan fingerprint density at radius 3 is 2.24 bits per heavy atom. The van der Waals surface area contributed by atoms with Crippen LogP contribution in [0.2, 0.25) is 0 Å². The summed E-state index contributed by atoms with van der Waals surface area (Å²) in [7, 11) is 0. The summed E-state index contributed by atoms with van der Waals surface area (Å²) < 4.78 is 15.9. The Morgan fingerprint density at radius 1 is 0.931 bits per heavy atom. The van der Waals surface area contributed by atoms with Gasteiger partial charge in [0.05, 0.1) is 6.61 Å². The zero-order valence-corrected chi connectivity index (χ0v) is 16.3. The van der Waals surface area contributed by atoms with Gasteiger partial charge < -0.3 is 24.0 Å². The molecule has 29 heavy (non-hydrogen) atoms. The van der Waals surface area contributed by atoms with E-state index in [2.05, 4.69) is 9.97 Å². The van der Waals surface area contributed by atoms with Crippen molar-refractivity contribution in [2.45, 2.75) is 6.92 Å². The minimum Gasteiger partial charge on any atom is -0.490 e. The number of hydrogen-bond acceptors (Lipinski definition) is 8. The van der Waals surface area contributed by atoms with E-state index in [0.717, 1.165) is 0 Å². The summed E-state index contributed by atoms with van der Waals surface area (Å²) >= 11 is 0. The third kappa shape index (κ3) is 5.81. The number of aromatic nitrogens is 2. The quantitative estimate of drug-likeness (QED) is 0.609. The Labute approximate surface area is 169 Å². The standard InChI is InChI=1S/C20H24N4O5/c1-2-27-16-6-3-4-7-17(16)28-15-19(26)29-14-18(25)23-10-12-24(13-11-23)20-21-8-5-9-22-20/h3-9H,2,10-15H2,1H3. The van der Waals surface area contributed by atoms with Crippen LogP contribution in [-0.4, -0.2) is 72.7 Å². The summed E-state index contributed by atoms with van der Waals surface area (Å²) in [6.45, 7) is 4.04. The number of rotatable bonds is 8. The second kappa shape index (κ2) is 10.3. The van der Waals surface area contributed by atoms with Crippen molar-refractivity contribution in [1.82, 2.24) is 14.9 Å². The lowest BCUT2D eigenvalue weighted by molar-refractivity contribution is -0.153. The smallest absolute Gasteiger partial charge is 0.344 e. The number of carbonyl (C=O) groups excluding carboxylic acids is 2. The lowest BCUT2D eigenvalue weighted by Crippen LogP contribution is -2.50. The lowest BCUT2D eigenvalue weighted by atomic mass is 10.3. The minimum absolute atomic E-state index is 0.235. The van der Waals surface area contributed by atoms with E-state index in [4.69, 9.17) is 14.2 Å². The number of piperazine rings is 1. The Bertz CT molecular complexity index is 810. The van der Waals surface area contributed by atoms with Gasteiger partial charge in [0.15, 0.2) is 24.7 Å². The molecule has 1 aliphatic rings. The van der Waals surface area contributed by atoms with E-state index in [9.17, 15) is 9.59 Å². The molecule has 1 aliphatic heterocycles. The number of esters is 1. The van der Waals surface area contributed by atoms with Crippen molar-refractivity contribution in [3.05, 3.63) is 42.7 Å². The average Bonchev–Trinajstić information content (AvgIpc) is 2.78. The van der Waals surface area contributed by atoms with Crippen LogP contribution in [0.25, 0.3) is 0 Å². The summed E-state index contributed by atoms with van der Waals surface area (Å²) in [6, 6.07) is 8.83. The van der Waals surface area contributed by atoms with E-state index in [1.165, 1.54) is 0 Å². The molecule has 2 aromatic rings. The highest BCUT2D eigenvalue weighted by atomic mass is 16.6. The van der Waals surface area contributed by atoms with Gasteiger partial charge in [-0.25, -0.2) is 14.8 Å². The first-order chi connectivity index (χ1) is 14.2. The van der Waals surface area contributed by atoms with Gasteiger partial charge in [0.1, 0.15) is 0 Å². The lowest BCUT2D eigenvalue weighted by Gasteiger charge is -2.34. The zero-order valence-electron chi connectivity index (χ0n) is 16.3. The van der Waals surface area contributed by atoms with Crippen LogP contribution in [-0.2, 0) is 14.3 Å². The summed E-state index contributed by atoms with van der Waals surface area (Å²) in [6.07, 6.45) is 3.38. The highest BCUT2D eigenvalue weighted by Gasteiger charge is 2.23. The van der Waals surface area contributed by atoms with Crippen molar-refractivity contribution >= 4 is 17.8 Å². The maximum atomic E-state index is 12.3. The molecule has 1 aromatic carbocycles. The molecule has 9 heteroatoms. The van der Waals surface area contributed by atoms with Gasteiger partial charge in [0.25, 0.3) is 5.91 Å². The molecule has 1 amide bonds. The minimum atomic E-state index is -0.610. The maximum Gasteiger partial charge on any atom is 0.344 e. The molecule has 0 radical (unpaired) electrons. The van der Waals surface area contributed by atoms with Gasteiger partial charge >= 0.3 is 5.97 Å². The van der Waals surface area contributed by atoms with Gasteiger partial charge in [0, 0.05) is 38.6 Å². The Kier molecular flexibility index (Phi) is 7.21. The predicted octanol–water partition coefficient (Wildman–Crippen LogP) is 1.15. The van der Waals surface area contributed by atoms with Crippen molar-refractivity contribution in [3.8, 4) is 11.5 Å². The average molecular weight is 400 g/mol. The van der Waals surface area contributed by atoms with Gasteiger partial charge in [-0.1, -0.05) is 12.1 Å². The Balaban J connectivity index is 1.39. The number of carbonyl (C=O) groups is 2. The molecule has 0 aliphatic carbocycles. The van der Waals surface area contributed by atoms with E-state index < -0.39 is 5.97 Å². The van der Waals surface area contributed by atoms with Crippen LogP contribution >= 0.6 is 0 Å². The number of hydrogen-bond donors (Lipinski definition) is 0. The fourth-order valence-electron chi connectivity index (χ4n) is 2.87. The molecule has 0 N–H and O–H groups in total. The van der Waals surface area contributed by atoms with Crippen molar-refractivity contribution in [2.75, 3.05) is 50.9 Å². The third-order valence-corrected chi connectivity index (χ3v) is 4.32. The topological polar surface area (TPSA) is 94.1 Å². The number of benzene rings is 1. The molecule has 0 spiro atoms. The van der Waals surface area contributed by atoms with Crippen molar-refractivity contribution in [2.24, 2.45) is 0 Å². The number of ether oxygens (including phenoxy) is 3. The fourth-order valence-corrected chi connectivity index (χ4v) is 2.87. The summed E-state index contributed by atoms with van der Waals surface area (Å²) in [4.78, 5) is 36.3. The van der Waals surface area contributed by atoms with Crippen LogP contribution in [0.15, 0.2) is 42.7 Å². The molecule has 1 saturated heterocycles. The van der Waals surface area contributed by atoms with Crippen LogP contribution in [0.5, 0.6) is 11.5 Å².